The number of unbranched alkanes of at least 4 members (excludes halogenated alkanes) is 3. The van der Waals surface area contributed by atoms with E-state index in [1.807, 2.05) is 29.9 Å². The zero-order chi connectivity index (χ0) is 27.2. The van der Waals surface area contributed by atoms with Gasteiger partial charge < -0.3 is 19.8 Å². The molecular weight excluding hydrogens is 538 g/mol. The molecule has 0 saturated heterocycles. The first-order valence-electron chi connectivity index (χ1n) is 12.0. The molecule has 0 atom stereocenters. The highest BCUT2D eigenvalue weighted by molar-refractivity contribution is 9.10. The van der Waals surface area contributed by atoms with Gasteiger partial charge in [-0.1, -0.05) is 47.0 Å². The summed E-state index contributed by atoms with van der Waals surface area (Å²) in [6.45, 7) is 6.62. The molecule has 0 amide bonds. The minimum absolute atomic E-state index is 0.558. The van der Waals surface area contributed by atoms with Gasteiger partial charge in [0, 0.05) is 47.2 Å². The maximum atomic E-state index is 9.55. The standard InChI is InChI=1S/C24H30BrN3O.C4H4O4/c1-4-15-27(2)16-7-5-6-8-17-29-21-13-14-22-23(18-21)28(3)26-24(22)19-9-11-20(25)12-10-19;5-3(6)1-2-4(7)8/h4,9-14,18H,1,5-8,15-17H2,2-3H3;1-2H,(H,5,6)(H,7,8)/b;2-1+. The van der Waals surface area contributed by atoms with E-state index in [1.54, 1.807) is 0 Å². The Balaban J connectivity index is 0.000000521. The Morgan fingerprint density at radius 2 is 1.70 bits per heavy atom. The van der Waals surface area contributed by atoms with Crippen molar-refractivity contribution in [2.24, 2.45) is 7.05 Å². The predicted molar refractivity (Wildman–Crippen MR) is 150 cm³/mol. The Morgan fingerprint density at radius 3 is 2.32 bits per heavy atom. The molecule has 0 aliphatic carbocycles. The average Bonchev–Trinajstić information content (AvgIpc) is 3.19. The number of nitrogens with zero attached hydrogens (tertiary/aromatic N) is 3. The Labute approximate surface area is 226 Å². The Bertz CT molecular complexity index is 1190. The second-order valence-corrected chi connectivity index (χ2v) is 9.40. The van der Waals surface area contributed by atoms with Gasteiger partial charge in [-0.2, -0.15) is 5.10 Å². The van der Waals surface area contributed by atoms with Crippen LogP contribution >= 0.6 is 15.9 Å². The topological polar surface area (TPSA) is 105 Å². The van der Waals surface area contributed by atoms with Crippen LogP contribution in [0.15, 0.2) is 71.7 Å². The van der Waals surface area contributed by atoms with Crippen molar-refractivity contribution in [2.45, 2.75) is 25.7 Å². The quantitative estimate of drug-likeness (QED) is 0.152. The first-order chi connectivity index (χ1) is 17.7. The van der Waals surface area contributed by atoms with Crippen molar-refractivity contribution in [1.82, 2.24) is 14.7 Å². The summed E-state index contributed by atoms with van der Waals surface area (Å²) in [6, 6.07) is 14.5. The van der Waals surface area contributed by atoms with Crippen molar-refractivity contribution in [3.63, 3.8) is 0 Å². The summed E-state index contributed by atoms with van der Waals surface area (Å²) in [5.41, 5.74) is 3.21. The van der Waals surface area contributed by atoms with Crippen LogP contribution in [0.4, 0.5) is 0 Å². The molecule has 37 heavy (non-hydrogen) atoms. The van der Waals surface area contributed by atoms with Gasteiger partial charge in [0.1, 0.15) is 11.4 Å². The van der Waals surface area contributed by atoms with E-state index in [2.05, 4.69) is 64.8 Å². The van der Waals surface area contributed by atoms with Gasteiger partial charge >= 0.3 is 11.9 Å². The van der Waals surface area contributed by atoms with Crippen molar-refractivity contribution in [1.29, 1.82) is 0 Å². The number of carboxylic acid groups (broad SMARTS) is 2. The highest BCUT2D eigenvalue weighted by Crippen LogP contribution is 2.30. The fourth-order valence-corrected chi connectivity index (χ4v) is 3.89. The number of carbonyl (C=O) groups is 2. The lowest BCUT2D eigenvalue weighted by Gasteiger charge is -2.13. The minimum atomic E-state index is -1.26. The fourth-order valence-electron chi connectivity index (χ4n) is 3.63. The summed E-state index contributed by atoms with van der Waals surface area (Å²) in [4.78, 5) is 21.4. The minimum Gasteiger partial charge on any atom is -0.494 e. The van der Waals surface area contributed by atoms with E-state index in [4.69, 9.17) is 20.0 Å². The molecule has 2 aromatic carbocycles. The second-order valence-electron chi connectivity index (χ2n) is 8.48. The third-order valence-corrected chi connectivity index (χ3v) is 5.98. The number of hydrogen-bond donors (Lipinski definition) is 2. The summed E-state index contributed by atoms with van der Waals surface area (Å²) < 4.78 is 9.00. The van der Waals surface area contributed by atoms with Gasteiger partial charge in [-0.15, -0.1) is 6.58 Å². The number of aliphatic carboxylic acids is 2. The Morgan fingerprint density at radius 1 is 1.05 bits per heavy atom. The van der Waals surface area contributed by atoms with Gasteiger partial charge in [0.05, 0.1) is 12.1 Å². The van der Waals surface area contributed by atoms with Crippen LogP contribution in [-0.4, -0.2) is 63.6 Å². The van der Waals surface area contributed by atoms with Crippen LogP contribution in [0.5, 0.6) is 5.75 Å². The lowest BCUT2D eigenvalue weighted by molar-refractivity contribution is -0.134. The number of carboxylic acids is 2. The highest BCUT2D eigenvalue weighted by atomic mass is 79.9. The van der Waals surface area contributed by atoms with Crippen LogP contribution < -0.4 is 4.74 Å². The van der Waals surface area contributed by atoms with Gasteiger partial charge in [-0.25, -0.2) is 9.59 Å². The number of likely N-dealkylation sites (N-methyl/N-ethyl adjacent to an activating group) is 1. The predicted octanol–water partition coefficient (Wildman–Crippen LogP) is 5.77. The van der Waals surface area contributed by atoms with Crippen LogP contribution in [-0.2, 0) is 16.6 Å². The van der Waals surface area contributed by atoms with Gasteiger partial charge in [0.2, 0.25) is 0 Å². The molecule has 3 aromatic rings. The molecule has 0 radical (unpaired) electrons. The smallest absolute Gasteiger partial charge is 0.328 e. The zero-order valence-electron chi connectivity index (χ0n) is 21.3. The Hall–Kier alpha value is -3.43. The number of halogens is 1. The number of ether oxygens (including phenoxy) is 1. The molecule has 198 valence electrons. The molecular formula is C28H34BrN3O5. The SMILES string of the molecule is C=CCN(C)CCCCCCOc1ccc2c(-c3ccc(Br)cc3)nn(C)c2c1.O=C(O)/C=C/C(=O)O. The lowest BCUT2D eigenvalue weighted by atomic mass is 10.1. The molecule has 1 heterocycles. The molecule has 2 N–H and O–H groups in total. The molecule has 0 spiro atoms. The number of rotatable bonds is 13. The van der Waals surface area contributed by atoms with Gasteiger partial charge in [0.25, 0.3) is 0 Å². The van der Waals surface area contributed by atoms with Crippen LogP contribution in [0, 0.1) is 0 Å². The summed E-state index contributed by atoms with van der Waals surface area (Å²) in [5.74, 6) is -1.60. The van der Waals surface area contributed by atoms with Crippen molar-refractivity contribution in [3.8, 4) is 17.0 Å². The van der Waals surface area contributed by atoms with Crippen LogP contribution in [0.25, 0.3) is 22.2 Å². The Kier molecular flexibility index (Phi) is 12.6. The summed E-state index contributed by atoms with van der Waals surface area (Å²) >= 11 is 3.49. The normalized spacial score (nSPS) is 10.9. The van der Waals surface area contributed by atoms with Crippen LogP contribution in [0.3, 0.4) is 0 Å². The number of benzene rings is 2. The highest BCUT2D eigenvalue weighted by Gasteiger charge is 2.11. The number of aryl methyl sites for hydroxylation is 1. The number of fused-ring (bicyclic) bond motifs is 1. The number of hydrogen-bond acceptors (Lipinski definition) is 5. The van der Waals surface area contributed by atoms with E-state index in [9.17, 15) is 9.59 Å². The van der Waals surface area contributed by atoms with E-state index < -0.39 is 11.9 Å². The van der Waals surface area contributed by atoms with Gasteiger partial charge in [0.15, 0.2) is 0 Å². The lowest BCUT2D eigenvalue weighted by Crippen LogP contribution is -2.19. The van der Waals surface area contributed by atoms with E-state index in [0.29, 0.717) is 12.2 Å². The van der Waals surface area contributed by atoms with Crippen LogP contribution in [0.2, 0.25) is 0 Å². The first-order valence-corrected chi connectivity index (χ1v) is 12.8. The fraction of sp³-hybridized carbons (Fsp3) is 0.321. The molecule has 9 heteroatoms. The molecule has 0 saturated carbocycles. The van der Waals surface area contributed by atoms with E-state index in [0.717, 1.165) is 58.5 Å². The van der Waals surface area contributed by atoms with E-state index in [1.165, 1.54) is 19.3 Å². The van der Waals surface area contributed by atoms with Gasteiger partial charge in [-0.05, 0) is 50.7 Å². The molecule has 3 rings (SSSR count). The molecule has 0 unspecified atom stereocenters. The third-order valence-electron chi connectivity index (χ3n) is 5.45. The zero-order valence-corrected chi connectivity index (χ0v) is 22.9. The number of aromatic nitrogens is 2. The van der Waals surface area contributed by atoms with Crippen molar-refractivity contribution >= 4 is 38.8 Å². The third kappa shape index (κ3) is 10.6. The summed E-state index contributed by atoms with van der Waals surface area (Å²) in [5, 5.41) is 21.5. The molecule has 1 aromatic heterocycles. The molecule has 0 fully saturated rings. The maximum Gasteiger partial charge on any atom is 0.328 e. The van der Waals surface area contributed by atoms with E-state index >= 15 is 0 Å². The molecule has 8 nitrogen and oxygen atoms in total. The van der Waals surface area contributed by atoms with Crippen molar-refractivity contribution in [3.05, 3.63) is 71.7 Å². The van der Waals surface area contributed by atoms with Gasteiger partial charge in [-0.3, -0.25) is 4.68 Å². The van der Waals surface area contributed by atoms with Crippen molar-refractivity contribution < 1.29 is 24.5 Å². The largest absolute Gasteiger partial charge is 0.494 e. The first kappa shape index (κ1) is 29.8. The van der Waals surface area contributed by atoms with Crippen molar-refractivity contribution in [2.75, 3.05) is 26.7 Å². The van der Waals surface area contributed by atoms with Crippen LogP contribution in [0.1, 0.15) is 25.7 Å². The second kappa shape index (κ2) is 15.6. The summed E-state index contributed by atoms with van der Waals surface area (Å²) in [6.07, 6.45) is 7.81. The summed E-state index contributed by atoms with van der Waals surface area (Å²) in [7, 11) is 4.12. The van der Waals surface area contributed by atoms with E-state index in [-0.39, 0.29) is 0 Å². The molecule has 0 aliphatic heterocycles. The molecule has 0 aliphatic rings. The maximum absolute atomic E-state index is 9.55. The molecule has 0 bridgehead atoms. The monoisotopic (exact) mass is 571 g/mol. The average molecular weight is 573 g/mol.